The van der Waals surface area contributed by atoms with E-state index in [-0.39, 0.29) is 16.5 Å². The second kappa shape index (κ2) is 6.17. The molecule has 0 atom stereocenters. The number of ether oxygens (including phenoxy) is 1. The number of nitrogens with zero attached hydrogens (tertiary/aromatic N) is 3. The Bertz CT molecular complexity index is 1000. The first-order valence-corrected chi connectivity index (χ1v) is 8.62. The van der Waals surface area contributed by atoms with Gasteiger partial charge in [0.05, 0.1) is 13.3 Å². The summed E-state index contributed by atoms with van der Waals surface area (Å²) in [6.07, 6.45) is 1.45. The van der Waals surface area contributed by atoms with Crippen LogP contribution in [-0.2, 0) is 10.0 Å². The molecule has 1 aliphatic rings. The molecule has 0 aromatic heterocycles. The number of benzene rings is 2. The maximum Gasteiger partial charge on any atom is 0.285 e. The molecule has 0 amide bonds. The number of hydrazone groups is 1. The standard InChI is InChI=1S/C16H15FN4O3S/c1-21(19-9-10-3-5-13(17)14(7-10)24-2)16-12-8-11(18)4-6-15(12)25(22,23)20-16/h3-9H,18H2,1-2H3/b19-9+. The summed E-state index contributed by atoms with van der Waals surface area (Å²) in [4.78, 5) is 0.0854. The van der Waals surface area contributed by atoms with Crippen LogP contribution >= 0.6 is 0 Å². The number of fused-ring (bicyclic) bond motifs is 1. The molecule has 2 aromatic carbocycles. The van der Waals surface area contributed by atoms with Crippen LogP contribution < -0.4 is 10.5 Å². The number of rotatable bonds is 3. The molecule has 2 N–H and O–H groups in total. The lowest BCUT2D eigenvalue weighted by molar-refractivity contribution is 0.386. The van der Waals surface area contributed by atoms with Gasteiger partial charge in [-0.2, -0.15) is 13.5 Å². The van der Waals surface area contributed by atoms with Gasteiger partial charge in [-0.05, 0) is 35.9 Å². The third kappa shape index (κ3) is 3.18. The number of amidine groups is 1. The minimum atomic E-state index is -3.77. The van der Waals surface area contributed by atoms with Crippen molar-refractivity contribution in [3.05, 3.63) is 53.3 Å². The molecule has 9 heteroatoms. The molecule has 1 heterocycles. The summed E-state index contributed by atoms with van der Waals surface area (Å²) in [5.74, 6) is -0.234. The van der Waals surface area contributed by atoms with Crippen LogP contribution in [0.1, 0.15) is 11.1 Å². The van der Waals surface area contributed by atoms with Gasteiger partial charge in [-0.25, -0.2) is 9.40 Å². The minimum absolute atomic E-state index is 0.0854. The molecule has 0 saturated heterocycles. The smallest absolute Gasteiger partial charge is 0.285 e. The summed E-state index contributed by atoms with van der Waals surface area (Å²) in [6, 6.07) is 8.71. The van der Waals surface area contributed by atoms with Gasteiger partial charge in [-0.1, -0.05) is 6.07 Å². The van der Waals surface area contributed by atoms with E-state index in [4.69, 9.17) is 10.5 Å². The van der Waals surface area contributed by atoms with E-state index in [0.29, 0.717) is 16.8 Å². The monoisotopic (exact) mass is 362 g/mol. The lowest BCUT2D eigenvalue weighted by Gasteiger charge is -2.12. The Morgan fingerprint density at radius 2 is 2.04 bits per heavy atom. The Morgan fingerprint density at radius 1 is 1.28 bits per heavy atom. The van der Waals surface area contributed by atoms with Gasteiger partial charge in [0.2, 0.25) is 0 Å². The Balaban J connectivity index is 1.92. The van der Waals surface area contributed by atoms with Crippen LogP contribution in [-0.4, -0.2) is 39.6 Å². The number of hydrogen-bond donors (Lipinski definition) is 1. The van der Waals surface area contributed by atoms with Crippen molar-refractivity contribution in [2.24, 2.45) is 9.50 Å². The lowest BCUT2D eigenvalue weighted by atomic mass is 10.2. The molecule has 0 bridgehead atoms. The molecular weight excluding hydrogens is 347 g/mol. The Kier molecular flexibility index (Phi) is 4.17. The summed E-state index contributed by atoms with van der Waals surface area (Å²) < 4.78 is 46.3. The van der Waals surface area contributed by atoms with Crippen molar-refractivity contribution in [3.63, 3.8) is 0 Å². The van der Waals surface area contributed by atoms with Gasteiger partial charge in [0.1, 0.15) is 4.90 Å². The highest BCUT2D eigenvalue weighted by Crippen LogP contribution is 2.29. The van der Waals surface area contributed by atoms with E-state index in [2.05, 4.69) is 9.50 Å². The molecule has 130 valence electrons. The average molecular weight is 362 g/mol. The van der Waals surface area contributed by atoms with E-state index in [9.17, 15) is 12.8 Å². The molecule has 2 aromatic rings. The lowest BCUT2D eigenvalue weighted by Crippen LogP contribution is -2.21. The van der Waals surface area contributed by atoms with Crippen molar-refractivity contribution in [1.29, 1.82) is 0 Å². The van der Waals surface area contributed by atoms with Crippen molar-refractivity contribution >= 4 is 27.8 Å². The van der Waals surface area contributed by atoms with Gasteiger partial charge >= 0.3 is 0 Å². The predicted molar refractivity (Wildman–Crippen MR) is 92.9 cm³/mol. The molecule has 25 heavy (non-hydrogen) atoms. The van der Waals surface area contributed by atoms with Gasteiger partial charge in [0.25, 0.3) is 10.0 Å². The number of hydrogen-bond acceptors (Lipinski definition) is 6. The van der Waals surface area contributed by atoms with E-state index < -0.39 is 15.8 Å². The van der Waals surface area contributed by atoms with Crippen LogP contribution in [0.5, 0.6) is 5.75 Å². The summed E-state index contributed by atoms with van der Waals surface area (Å²) >= 11 is 0. The van der Waals surface area contributed by atoms with Crippen LogP contribution in [0.2, 0.25) is 0 Å². The maximum atomic E-state index is 13.4. The van der Waals surface area contributed by atoms with Crippen LogP contribution in [0.25, 0.3) is 0 Å². The third-order valence-electron chi connectivity index (χ3n) is 3.59. The van der Waals surface area contributed by atoms with Gasteiger partial charge in [-0.15, -0.1) is 4.40 Å². The Morgan fingerprint density at radius 3 is 2.76 bits per heavy atom. The molecule has 0 spiro atoms. The van der Waals surface area contributed by atoms with Crippen LogP contribution in [0.4, 0.5) is 10.1 Å². The number of sulfonamides is 1. The normalized spacial score (nSPS) is 15.1. The number of nitrogen functional groups attached to an aromatic ring is 1. The first-order chi connectivity index (χ1) is 11.8. The van der Waals surface area contributed by atoms with E-state index in [1.54, 1.807) is 7.05 Å². The molecule has 0 unspecified atom stereocenters. The highest BCUT2D eigenvalue weighted by molar-refractivity contribution is 7.90. The van der Waals surface area contributed by atoms with Crippen molar-refractivity contribution in [1.82, 2.24) is 5.01 Å². The largest absolute Gasteiger partial charge is 0.494 e. The first-order valence-electron chi connectivity index (χ1n) is 7.18. The fraction of sp³-hybridized carbons (Fsp3) is 0.125. The first kappa shape index (κ1) is 16.9. The number of methoxy groups -OCH3 is 1. The second-order valence-electron chi connectivity index (χ2n) is 5.31. The van der Waals surface area contributed by atoms with Gasteiger partial charge in [-0.3, -0.25) is 0 Å². The van der Waals surface area contributed by atoms with Crippen molar-refractivity contribution < 1.29 is 17.5 Å². The molecule has 0 aliphatic carbocycles. The maximum absolute atomic E-state index is 13.4. The summed E-state index contributed by atoms with van der Waals surface area (Å²) in [6.45, 7) is 0. The van der Waals surface area contributed by atoms with Crippen LogP contribution in [0, 0.1) is 5.82 Å². The van der Waals surface area contributed by atoms with Gasteiger partial charge in [0.15, 0.2) is 17.4 Å². The zero-order valence-corrected chi connectivity index (χ0v) is 14.3. The highest BCUT2D eigenvalue weighted by atomic mass is 32.2. The topological polar surface area (TPSA) is 97.3 Å². The fourth-order valence-electron chi connectivity index (χ4n) is 2.36. The molecular formula is C16H15FN4O3S. The van der Waals surface area contributed by atoms with Gasteiger partial charge in [0, 0.05) is 18.3 Å². The summed E-state index contributed by atoms with van der Waals surface area (Å²) in [7, 11) is -0.843. The molecule has 0 saturated carbocycles. The fourth-order valence-corrected chi connectivity index (χ4v) is 3.57. The number of nitrogens with two attached hydrogens (primary N) is 1. The van der Waals surface area contributed by atoms with Crippen molar-refractivity contribution in [3.8, 4) is 5.75 Å². The number of halogens is 1. The van der Waals surface area contributed by atoms with Crippen LogP contribution in [0.15, 0.2) is 50.8 Å². The van der Waals surface area contributed by atoms with E-state index in [0.717, 1.165) is 0 Å². The van der Waals surface area contributed by atoms with Crippen molar-refractivity contribution in [2.75, 3.05) is 19.9 Å². The zero-order valence-electron chi connectivity index (χ0n) is 13.5. The SMILES string of the molecule is COc1cc(/C=N/N(C)C2=NS(=O)(=O)c3ccc(N)cc32)ccc1F. The summed E-state index contributed by atoms with van der Waals surface area (Å²) in [5, 5.41) is 5.49. The predicted octanol–water partition coefficient (Wildman–Crippen LogP) is 1.83. The average Bonchev–Trinajstić information content (AvgIpc) is 2.84. The van der Waals surface area contributed by atoms with E-state index in [1.807, 2.05) is 0 Å². The second-order valence-corrected chi connectivity index (χ2v) is 6.88. The molecule has 1 aliphatic heterocycles. The molecule has 7 nitrogen and oxygen atoms in total. The highest BCUT2D eigenvalue weighted by Gasteiger charge is 2.31. The molecule has 0 radical (unpaired) electrons. The van der Waals surface area contributed by atoms with E-state index in [1.165, 1.54) is 54.7 Å². The molecule has 3 rings (SSSR count). The third-order valence-corrected chi connectivity index (χ3v) is 4.92. The number of anilines is 1. The Hall–Kier alpha value is -2.94. The van der Waals surface area contributed by atoms with Gasteiger partial charge < -0.3 is 10.5 Å². The quantitative estimate of drug-likeness (QED) is 0.510. The van der Waals surface area contributed by atoms with Crippen molar-refractivity contribution in [2.45, 2.75) is 4.90 Å². The van der Waals surface area contributed by atoms with E-state index >= 15 is 0 Å². The minimum Gasteiger partial charge on any atom is -0.494 e. The summed E-state index contributed by atoms with van der Waals surface area (Å²) in [5.41, 5.74) is 7.13. The van der Waals surface area contributed by atoms with Crippen LogP contribution in [0.3, 0.4) is 0 Å². The Labute approximate surface area is 144 Å². The molecule has 0 fully saturated rings. The zero-order chi connectivity index (χ0) is 18.2.